The lowest BCUT2D eigenvalue weighted by atomic mass is 9.95. The molecule has 4 aromatic rings. The Balaban J connectivity index is 1.49. The number of amides is 1. The number of hydrogen-bond donors (Lipinski definition) is 1. The molecule has 0 spiro atoms. The monoisotopic (exact) mass is 486 g/mol. The molecule has 0 saturated heterocycles. The van der Waals surface area contributed by atoms with E-state index in [2.05, 4.69) is 5.32 Å². The molecular formula is C28H26N2O4S. The van der Waals surface area contributed by atoms with E-state index in [0.29, 0.717) is 24.5 Å². The molecule has 0 bridgehead atoms. The minimum absolute atomic E-state index is 0.132. The van der Waals surface area contributed by atoms with Gasteiger partial charge in [0.25, 0.3) is 0 Å². The number of carbonyl (C=O) groups excluding carboxylic acids is 1. The molecular weight excluding hydrogens is 460 g/mol. The van der Waals surface area contributed by atoms with Crippen LogP contribution >= 0.6 is 0 Å². The van der Waals surface area contributed by atoms with Gasteiger partial charge in [-0.3, -0.25) is 4.79 Å². The number of fused-ring (bicyclic) bond motifs is 2. The van der Waals surface area contributed by atoms with Crippen LogP contribution in [0.3, 0.4) is 0 Å². The van der Waals surface area contributed by atoms with Gasteiger partial charge in [-0.15, -0.1) is 0 Å². The standard InChI is InChI=1S/C28H26N2O4S/c1-2-34-25-14-12-24(13-15-25)29-28(31)27-18-22-9-5-6-10-23(22)19-30(27)35(32,33)26-16-11-20-7-3-4-8-21(20)17-26/h3-17,27H,2,18-19H2,1H3,(H,29,31). The predicted molar refractivity (Wildman–Crippen MR) is 137 cm³/mol. The van der Waals surface area contributed by atoms with Gasteiger partial charge >= 0.3 is 0 Å². The molecule has 1 aliphatic rings. The Kier molecular flexibility index (Phi) is 6.28. The second kappa shape index (κ2) is 9.52. The lowest BCUT2D eigenvalue weighted by molar-refractivity contribution is -0.120. The van der Waals surface area contributed by atoms with Crippen molar-refractivity contribution < 1.29 is 17.9 Å². The van der Waals surface area contributed by atoms with Gasteiger partial charge in [-0.1, -0.05) is 54.6 Å². The maximum Gasteiger partial charge on any atom is 0.244 e. The van der Waals surface area contributed by atoms with E-state index in [0.717, 1.165) is 21.9 Å². The second-order valence-corrected chi connectivity index (χ2v) is 10.4. The number of sulfonamides is 1. The van der Waals surface area contributed by atoms with E-state index in [1.807, 2.05) is 55.5 Å². The summed E-state index contributed by atoms with van der Waals surface area (Å²) >= 11 is 0. The molecule has 1 heterocycles. The van der Waals surface area contributed by atoms with Crippen molar-refractivity contribution in [3.8, 4) is 5.75 Å². The molecule has 4 aromatic carbocycles. The van der Waals surface area contributed by atoms with Crippen molar-refractivity contribution in [3.63, 3.8) is 0 Å². The molecule has 6 nitrogen and oxygen atoms in total. The molecule has 5 rings (SSSR count). The zero-order chi connectivity index (χ0) is 24.4. The van der Waals surface area contributed by atoms with Crippen LogP contribution in [0.25, 0.3) is 10.8 Å². The van der Waals surface area contributed by atoms with Gasteiger partial charge in [0.1, 0.15) is 11.8 Å². The van der Waals surface area contributed by atoms with Crippen molar-refractivity contribution in [1.82, 2.24) is 4.31 Å². The fourth-order valence-corrected chi connectivity index (χ4v) is 6.07. The first-order chi connectivity index (χ1) is 17.0. The van der Waals surface area contributed by atoms with Gasteiger partial charge in [0.05, 0.1) is 11.5 Å². The fourth-order valence-electron chi connectivity index (χ4n) is 4.47. The molecule has 0 radical (unpaired) electrons. The van der Waals surface area contributed by atoms with Crippen molar-refractivity contribution in [3.05, 3.63) is 102 Å². The van der Waals surface area contributed by atoms with Crippen LogP contribution in [0.5, 0.6) is 5.75 Å². The number of rotatable bonds is 6. The van der Waals surface area contributed by atoms with E-state index in [1.54, 1.807) is 42.5 Å². The number of hydrogen-bond acceptors (Lipinski definition) is 4. The first kappa shape index (κ1) is 23.1. The highest BCUT2D eigenvalue weighted by Crippen LogP contribution is 2.31. The minimum atomic E-state index is -3.94. The van der Waals surface area contributed by atoms with Crippen LogP contribution < -0.4 is 10.1 Å². The zero-order valence-electron chi connectivity index (χ0n) is 19.3. The van der Waals surface area contributed by atoms with E-state index in [1.165, 1.54) is 4.31 Å². The van der Waals surface area contributed by atoms with Gasteiger partial charge in [0.15, 0.2) is 0 Å². The minimum Gasteiger partial charge on any atom is -0.494 e. The molecule has 178 valence electrons. The normalized spacial score (nSPS) is 16.0. The SMILES string of the molecule is CCOc1ccc(NC(=O)C2Cc3ccccc3CN2S(=O)(=O)c2ccc3ccccc3c2)cc1. The Bertz CT molecular complexity index is 1480. The van der Waals surface area contributed by atoms with E-state index in [9.17, 15) is 13.2 Å². The molecule has 0 saturated carbocycles. The number of benzene rings is 4. The second-order valence-electron chi connectivity index (χ2n) is 8.49. The molecule has 1 atom stereocenters. The summed E-state index contributed by atoms with van der Waals surface area (Å²) in [6.45, 7) is 2.59. The molecule has 1 amide bonds. The molecule has 0 aliphatic carbocycles. The number of ether oxygens (including phenoxy) is 1. The Labute approximate surface area is 205 Å². The number of nitrogens with one attached hydrogen (secondary N) is 1. The zero-order valence-corrected chi connectivity index (χ0v) is 20.2. The summed E-state index contributed by atoms with van der Waals surface area (Å²) in [6, 6.07) is 26.5. The van der Waals surface area contributed by atoms with Crippen LogP contribution in [0.15, 0.2) is 95.9 Å². The molecule has 35 heavy (non-hydrogen) atoms. The molecule has 1 unspecified atom stereocenters. The van der Waals surface area contributed by atoms with E-state index in [4.69, 9.17) is 4.74 Å². The number of anilines is 1. The summed E-state index contributed by atoms with van der Waals surface area (Å²) in [4.78, 5) is 13.6. The smallest absolute Gasteiger partial charge is 0.244 e. The third-order valence-corrected chi connectivity index (χ3v) is 8.12. The van der Waals surface area contributed by atoms with Gasteiger partial charge in [0.2, 0.25) is 15.9 Å². The number of carbonyl (C=O) groups is 1. The van der Waals surface area contributed by atoms with E-state index < -0.39 is 16.1 Å². The third-order valence-electron chi connectivity index (χ3n) is 6.27. The Morgan fingerprint density at radius 1 is 0.914 bits per heavy atom. The van der Waals surface area contributed by atoms with Gasteiger partial charge < -0.3 is 10.1 Å². The summed E-state index contributed by atoms with van der Waals surface area (Å²) < 4.78 is 34.5. The molecule has 7 heteroatoms. The third kappa shape index (κ3) is 4.65. The molecule has 0 fully saturated rings. The van der Waals surface area contributed by atoms with Crippen LogP contribution in [0.4, 0.5) is 5.69 Å². The maximum absolute atomic E-state index is 13.9. The Morgan fingerprint density at radius 3 is 2.34 bits per heavy atom. The van der Waals surface area contributed by atoms with Crippen LogP contribution in [-0.2, 0) is 27.8 Å². The highest BCUT2D eigenvalue weighted by molar-refractivity contribution is 7.89. The highest BCUT2D eigenvalue weighted by atomic mass is 32.2. The van der Waals surface area contributed by atoms with Crippen LogP contribution in [0.1, 0.15) is 18.1 Å². The maximum atomic E-state index is 13.9. The topological polar surface area (TPSA) is 75.7 Å². The van der Waals surface area contributed by atoms with Crippen molar-refractivity contribution in [1.29, 1.82) is 0 Å². The van der Waals surface area contributed by atoms with Gasteiger partial charge in [-0.05, 0) is 71.6 Å². The number of nitrogens with zero attached hydrogens (tertiary/aromatic N) is 1. The molecule has 1 aliphatic heterocycles. The van der Waals surface area contributed by atoms with Crippen molar-refractivity contribution in [2.24, 2.45) is 0 Å². The molecule has 1 N–H and O–H groups in total. The van der Waals surface area contributed by atoms with Gasteiger partial charge in [0, 0.05) is 12.2 Å². The largest absolute Gasteiger partial charge is 0.494 e. The Hall–Kier alpha value is -3.68. The fraction of sp³-hybridized carbons (Fsp3) is 0.179. The summed E-state index contributed by atoms with van der Waals surface area (Å²) in [7, 11) is -3.94. The summed E-state index contributed by atoms with van der Waals surface area (Å²) in [5.74, 6) is 0.339. The van der Waals surface area contributed by atoms with Crippen LogP contribution in [0.2, 0.25) is 0 Å². The van der Waals surface area contributed by atoms with Crippen molar-refractivity contribution >= 4 is 32.4 Å². The van der Waals surface area contributed by atoms with E-state index in [-0.39, 0.29) is 17.3 Å². The van der Waals surface area contributed by atoms with Gasteiger partial charge in [-0.2, -0.15) is 4.31 Å². The summed E-state index contributed by atoms with van der Waals surface area (Å²) in [5, 5.41) is 4.69. The predicted octanol–water partition coefficient (Wildman–Crippen LogP) is 4.99. The summed E-state index contributed by atoms with van der Waals surface area (Å²) in [6.07, 6.45) is 0.297. The average Bonchev–Trinajstić information content (AvgIpc) is 2.89. The highest BCUT2D eigenvalue weighted by Gasteiger charge is 2.39. The van der Waals surface area contributed by atoms with Crippen molar-refractivity contribution in [2.75, 3.05) is 11.9 Å². The van der Waals surface area contributed by atoms with Crippen LogP contribution in [0, 0.1) is 0 Å². The quantitative estimate of drug-likeness (QED) is 0.417. The van der Waals surface area contributed by atoms with Crippen LogP contribution in [-0.4, -0.2) is 31.3 Å². The average molecular weight is 487 g/mol. The molecule has 0 aromatic heterocycles. The van der Waals surface area contributed by atoms with Crippen molar-refractivity contribution in [2.45, 2.75) is 30.8 Å². The van der Waals surface area contributed by atoms with E-state index >= 15 is 0 Å². The first-order valence-corrected chi connectivity index (χ1v) is 13.0. The lowest BCUT2D eigenvalue weighted by Crippen LogP contribution is -2.50. The lowest BCUT2D eigenvalue weighted by Gasteiger charge is -2.35. The van der Waals surface area contributed by atoms with Gasteiger partial charge in [-0.25, -0.2) is 8.42 Å². The first-order valence-electron chi connectivity index (χ1n) is 11.6. The summed E-state index contributed by atoms with van der Waals surface area (Å²) in [5.41, 5.74) is 2.46. The Morgan fingerprint density at radius 2 is 1.60 bits per heavy atom.